The number of hydrogen-bond acceptors (Lipinski definition) is 7. The largest absolute Gasteiger partial charge is 0.492 e. The number of carbonyl (C=O) groups is 1. The van der Waals surface area contributed by atoms with E-state index in [1.807, 2.05) is 37.3 Å². The third-order valence-corrected chi connectivity index (χ3v) is 5.10. The molecule has 1 saturated heterocycles. The van der Waals surface area contributed by atoms with Crippen LogP contribution < -0.4 is 15.0 Å². The molecule has 1 aliphatic rings. The molecule has 0 unspecified atom stereocenters. The Balaban J connectivity index is 1.55. The first kappa shape index (κ1) is 19.4. The molecule has 0 aliphatic carbocycles. The number of thioether (sulfide) groups is 1. The summed E-state index contributed by atoms with van der Waals surface area (Å²) in [4.78, 5) is 25.8. The lowest BCUT2D eigenvalue weighted by Gasteiger charge is -2.33. The molecule has 1 N–H and O–H groups in total. The van der Waals surface area contributed by atoms with Crippen LogP contribution in [0, 0.1) is 0 Å². The first-order chi connectivity index (χ1) is 13.2. The zero-order valence-electron chi connectivity index (χ0n) is 15.7. The van der Waals surface area contributed by atoms with E-state index in [1.54, 1.807) is 6.20 Å². The summed E-state index contributed by atoms with van der Waals surface area (Å²) in [6, 6.07) is 9.35. The predicted molar refractivity (Wildman–Crippen MR) is 109 cm³/mol. The summed E-state index contributed by atoms with van der Waals surface area (Å²) in [5.41, 5.74) is 0.678. The third-order valence-electron chi connectivity index (χ3n) is 4.24. The topological polar surface area (TPSA) is 70.6 Å². The number of carbonyl (C=O) groups excluding carboxylic acids is 1. The molecule has 0 spiro atoms. The number of anilines is 2. The second-order valence-corrected chi connectivity index (χ2v) is 7.20. The molecule has 2 heterocycles. The van der Waals surface area contributed by atoms with Crippen LogP contribution >= 0.6 is 11.8 Å². The second-order valence-electron chi connectivity index (χ2n) is 6.25. The van der Waals surface area contributed by atoms with Gasteiger partial charge in [0.25, 0.3) is 0 Å². The highest BCUT2D eigenvalue weighted by molar-refractivity contribution is 7.99. The number of rotatable bonds is 7. The van der Waals surface area contributed by atoms with Crippen LogP contribution in [0.1, 0.15) is 6.92 Å². The molecule has 27 heavy (non-hydrogen) atoms. The van der Waals surface area contributed by atoms with Crippen molar-refractivity contribution in [3.05, 3.63) is 36.5 Å². The quantitative estimate of drug-likeness (QED) is 0.578. The van der Waals surface area contributed by atoms with Crippen molar-refractivity contribution in [2.75, 3.05) is 55.8 Å². The van der Waals surface area contributed by atoms with Crippen molar-refractivity contribution in [2.45, 2.75) is 12.1 Å². The van der Waals surface area contributed by atoms with Gasteiger partial charge >= 0.3 is 0 Å². The van der Waals surface area contributed by atoms with E-state index in [0.717, 1.165) is 32.0 Å². The molecule has 8 heteroatoms. The molecule has 1 aliphatic heterocycles. The Morgan fingerprint density at radius 3 is 2.78 bits per heavy atom. The SMILES string of the molecule is CCOc1ccccc1NC(=O)CSc1nccc(N2CCN(C)CC2)n1. The maximum Gasteiger partial charge on any atom is 0.234 e. The van der Waals surface area contributed by atoms with Crippen LogP contribution in [0.25, 0.3) is 0 Å². The maximum absolute atomic E-state index is 12.3. The Bertz CT molecular complexity index is 765. The van der Waals surface area contributed by atoms with E-state index in [9.17, 15) is 4.79 Å². The van der Waals surface area contributed by atoms with Gasteiger partial charge in [0.05, 0.1) is 18.0 Å². The minimum absolute atomic E-state index is 0.110. The van der Waals surface area contributed by atoms with Gasteiger partial charge in [0.1, 0.15) is 11.6 Å². The fourth-order valence-electron chi connectivity index (χ4n) is 2.78. The summed E-state index contributed by atoms with van der Waals surface area (Å²) in [5.74, 6) is 1.72. The molecule has 2 aromatic rings. The molecule has 1 aromatic carbocycles. The summed E-state index contributed by atoms with van der Waals surface area (Å²) in [5, 5.41) is 3.50. The first-order valence-electron chi connectivity index (χ1n) is 9.06. The average Bonchev–Trinajstić information content (AvgIpc) is 2.69. The van der Waals surface area contributed by atoms with Crippen molar-refractivity contribution >= 4 is 29.2 Å². The van der Waals surface area contributed by atoms with E-state index in [-0.39, 0.29) is 11.7 Å². The lowest BCUT2D eigenvalue weighted by molar-refractivity contribution is -0.113. The van der Waals surface area contributed by atoms with Gasteiger partial charge in [-0.05, 0) is 32.2 Å². The van der Waals surface area contributed by atoms with Gasteiger partial charge in [-0.2, -0.15) is 0 Å². The zero-order valence-corrected chi connectivity index (χ0v) is 16.5. The van der Waals surface area contributed by atoms with E-state index in [1.165, 1.54) is 11.8 Å². The molecule has 144 valence electrons. The summed E-state index contributed by atoms with van der Waals surface area (Å²) in [6.45, 7) is 6.41. The lowest BCUT2D eigenvalue weighted by atomic mass is 10.3. The molecular formula is C19H25N5O2S. The van der Waals surface area contributed by atoms with Crippen LogP contribution in [0.15, 0.2) is 41.7 Å². The molecule has 1 aromatic heterocycles. The Hall–Kier alpha value is -2.32. The molecule has 0 radical (unpaired) electrons. The van der Waals surface area contributed by atoms with E-state index in [2.05, 4.69) is 32.1 Å². The van der Waals surface area contributed by atoms with Crippen LogP contribution in [-0.4, -0.2) is 66.4 Å². The molecular weight excluding hydrogens is 362 g/mol. The average molecular weight is 388 g/mol. The summed E-state index contributed by atoms with van der Waals surface area (Å²) >= 11 is 1.33. The first-order valence-corrected chi connectivity index (χ1v) is 10.1. The number of nitrogens with one attached hydrogen (secondary N) is 1. The van der Waals surface area contributed by atoms with E-state index >= 15 is 0 Å². The molecule has 0 saturated carbocycles. The zero-order chi connectivity index (χ0) is 19.1. The van der Waals surface area contributed by atoms with E-state index in [0.29, 0.717) is 23.2 Å². The highest BCUT2D eigenvalue weighted by Gasteiger charge is 2.16. The molecule has 0 bridgehead atoms. The number of aromatic nitrogens is 2. The minimum atomic E-state index is -0.110. The number of hydrogen-bond donors (Lipinski definition) is 1. The van der Waals surface area contributed by atoms with Gasteiger partial charge in [0, 0.05) is 32.4 Å². The van der Waals surface area contributed by atoms with Gasteiger partial charge in [-0.25, -0.2) is 9.97 Å². The molecule has 3 rings (SSSR count). The van der Waals surface area contributed by atoms with Crippen LogP contribution in [0.4, 0.5) is 11.5 Å². The van der Waals surface area contributed by atoms with Gasteiger partial charge < -0.3 is 19.9 Å². The van der Waals surface area contributed by atoms with Gasteiger partial charge in [-0.1, -0.05) is 23.9 Å². The Labute approximate surface area is 164 Å². The van der Waals surface area contributed by atoms with Crippen molar-refractivity contribution in [3.63, 3.8) is 0 Å². The van der Waals surface area contributed by atoms with E-state index < -0.39 is 0 Å². The number of likely N-dealkylation sites (N-methyl/N-ethyl adjacent to an activating group) is 1. The fraction of sp³-hybridized carbons (Fsp3) is 0.421. The summed E-state index contributed by atoms with van der Waals surface area (Å²) < 4.78 is 5.54. The van der Waals surface area contributed by atoms with Crippen molar-refractivity contribution in [3.8, 4) is 5.75 Å². The molecule has 7 nitrogen and oxygen atoms in total. The molecule has 0 atom stereocenters. The number of piperazine rings is 1. The number of amides is 1. The monoisotopic (exact) mass is 387 g/mol. The minimum Gasteiger partial charge on any atom is -0.492 e. The Kier molecular flexibility index (Phi) is 6.89. The van der Waals surface area contributed by atoms with Crippen LogP contribution in [0.2, 0.25) is 0 Å². The van der Waals surface area contributed by atoms with Crippen molar-refractivity contribution < 1.29 is 9.53 Å². The molecule has 1 amide bonds. The van der Waals surface area contributed by atoms with Gasteiger partial charge in [-0.15, -0.1) is 0 Å². The predicted octanol–water partition coefficient (Wildman–Crippen LogP) is 2.36. The van der Waals surface area contributed by atoms with Crippen molar-refractivity contribution in [1.82, 2.24) is 14.9 Å². The summed E-state index contributed by atoms with van der Waals surface area (Å²) in [7, 11) is 2.13. The van der Waals surface area contributed by atoms with Gasteiger partial charge in [-0.3, -0.25) is 4.79 Å². The summed E-state index contributed by atoms with van der Waals surface area (Å²) in [6.07, 6.45) is 1.76. The number of para-hydroxylation sites is 2. The van der Waals surface area contributed by atoms with Crippen LogP contribution in [0.5, 0.6) is 5.75 Å². The number of nitrogens with zero attached hydrogens (tertiary/aromatic N) is 4. The van der Waals surface area contributed by atoms with E-state index in [4.69, 9.17) is 4.74 Å². The Morgan fingerprint density at radius 2 is 2.00 bits per heavy atom. The highest BCUT2D eigenvalue weighted by Crippen LogP contribution is 2.24. The maximum atomic E-state index is 12.3. The van der Waals surface area contributed by atoms with Gasteiger partial charge in [0.2, 0.25) is 5.91 Å². The molecule has 1 fully saturated rings. The number of ether oxygens (including phenoxy) is 1. The smallest absolute Gasteiger partial charge is 0.234 e. The second kappa shape index (κ2) is 9.57. The number of benzene rings is 1. The van der Waals surface area contributed by atoms with Crippen molar-refractivity contribution in [2.24, 2.45) is 0 Å². The third kappa shape index (κ3) is 5.58. The fourth-order valence-corrected chi connectivity index (χ4v) is 3.41. The van der Waals surface area contributed by atoms with Crippen LogP contribution in [0.3, 0.4) is 0 Å². The standard InChI is InChI=1S/C19H25N5O2S/c1-3-26-16-7-5-4-6-15(16)21-18(25)14-27-19-20-9-8-17(22-19)24-12-10-23(2)11-13-24/h4-9H,3,10-14H2,1-2H3,(H,21,25). The van der Waals surface area contributed by atoms with Crippen molar-refractivity contribution in [1.29, 1.82) is 0 Å². The highest BCUT2D eigenvalue weighted by atomic mass is 32.2. The van der Waals surface area contributed by atoms with Crippen LogP contribution in [-0.2, 0) is 4.79 Å². The Morgan fingerprint density at radius 1 is 1.22 bits per heavy atom. The van der Waals surface area contributed by atoms with Gasteiger partial charge in [0.15, 0.2) is 5.16 Å². The lowest BCUT2D eigenvalue weighted by Crippen LogP contribution is -2.44. The normalized spacial score (nSPS) is 14.8.